The average Bonchev–Trinajstić information content (AvgIpc) is 3.21. The number of rotatable bonds is 6. The number of aryl methyl sites for hydroxylation is 2. The van der Waals surface area contributed by atoms with Crippen molar-refractivity contribution < 1.29 is 9.53 Å². The van der Waals surface area contributed by atoms with Crippen molar-refractivity contribution in [2.24, 2.45) is 0 Å². The van der Waals surface area contributed by atoms with Crippen LogP contribution < -0.4 is 10.1 Å². The first-order valence-electron chi connectivity index (χ1n) is 7.58. The number of nitrogens with zero attached hydrogens (tertiary/aromatic N) is 1. The summed E-state index contributed by atoms with van der Waals surface area (Å²) in [7, 11) is 0. The second-order valence-electron chi connectivity index (χ2n) is 5.35. The van der Waals surface area contributed by atoms with Crippen molar-refractivity contribution >= 4 is 28.6 Å². The number of hydrogen-bond acceptors (Lipinski definition) is 5. The fraction of sp³-hybridized carbons (Fsp3) is 0.222. The predicted octanol–water partition coefficient (Wildman–Crippen LogP) is 4.18. The maximum absolute atomic E-state index is 11.9. The molecule has 0 saturated carbocycles. The highest BCUT2D eigenvalue weighted by Gasteiger charge is 2.08. The van der Waals surface area contributed by atoms with Crippen LogP contribution in [0.2, 0.25) is 0 Å². The third kappa shape index (κ3) is 4.21. The Morgan fingerprint density at radius 1 is 1.21 bits per heavy atom. The molecule has 3 rings (SSSR count). The smallest absolute Gasteiger partial charge is 0.258 e. The van der Waals surface area contributed by atoms with Crippen molar-refractivity contribution in [3.8, 4) is 16.3 Å². The summed E-state index contributed by atoms with van der Waals surface area (Å²) in [6.45, 7) is 4.48. The van der Waals surface area contributed by atoms with Gasteiger partial charge in [-0.15, -0.1) is 22.7 Å². The van der Waals surface area contributed by atoms with Gasteiger partial charge in [0.1, 0.15) is 5.75 Å². The van der Waals surface area contributed by atoms with Crippen LogP contribution in [0.15, 0.2) is 41.8 Å². The molecule has 1 N–H and O–H groups in total. The zero-order chi connectivity index (χ0) is 16.9. The number of carbonyl (C=O) groups is 1. The number of hydrogen-bond donors (Lipinski definition) is 1. The van der Waals surface area contributed by atoms with Gasteiger partial charge in [0.25, 0.3) is 5.91 Å². The van der Waals surface area contributed by atoms with Crippen LogP contribution in [0.25, 0.3) is 10.6 Å². The van der Waals surface area contributed by atoms with Crippen LogP contribution in [0.4, 0.5) is 0 Å². The summed E-state index contributed by atoms with van der Waals surface area (Å²) < 4.78 is 5.55. The van der Waals surface area contributed by atoms with Gasteiger partial charge < -0.3 is 10.1 Å². The molecular formula is C18H18N2O2S2. The zero-order valence-corrected chi connectivity index (χ0v) is 15.2. The molecule has 0 aliphatic carbocycles. The molecule has 6 heteroatoms. The summed E-state index contributed by atoms with van der Waals surface area (Å²) in [4.78, 5) is 18.6. The molecule has 0 aliphatic rings. The first-order valence-corrected chi connectivity index (χ1v) is 9.28. The first-order chi connectivity index (χ1) is 11.6. The van der Waals surface area contributed by atoms with Gasteiger partial charge in [-0.25, -0.2) is 4.98 Å². The molecule has 2 aromatic heterocycles. The Hall–Kier alpha value is -2.18. The van der Waals surface area contributed by atoms with Gasteiger partial charge in [0.2, 0.25) is 0 Å². The molecule has 0 atom stereocenters. The minimum atomic E-state index is -0.127. The number of carbonyl (C=O) groups excluding carboxylic acids is 1. The molecular weight excluding hydrogens is 340 g/mol. The number of amides is 1. The Balaban J connectivity index is 1.50. The fourth-order valence-corrected chi connectivity index (χ4v) is 3.78. The van der Waals surface area contributed by atoms with Crippen molar-refractivity contribution in [3.05, 3.63) is 57.2 Å². The van der Waals surface area contributed by atoms with Crippen molar-refractivity contribution in [2.75, 3.05) is 6.61 Å². The van der Waals surface area contributed by atoms with Crippen LogP contribution in [0, 0.1) is 13.8 Å². The van der Waals surface area contributed by atoms with Gasteiger partial charge in [-0.05, 0) is 37.6 Å². The van der Waals surface area contributed by atoms with E-state index in [2.05, 4.69) is 15.7 Å². The van der Waals surface area contributed by atoms with Crippen LogP contribution in [0.1, 0.15) is 15.4 Å². The van der Waals surface area contributed by atoms with Gasteiger partial charge in [-0.2, -0.15) is 0 Å². The molecule has 124 valence electrons. The van der Waals surface area contributed by atoms with E-state index in [9.17, 15) is 4.79 Å². The normalized spacial score (nSPS) is 10.6. The number of ether oxygens (including phenoxy) is 1. The molecule has 4 nitrogen and oxygen atoms in total. The lowest BCUT2D eigenvalue weighted by molar-refractivity contribution is -0.123. The molecule has 0 fully saturated rings. The first kappa shape index (κ1) is 16.7. The second kappa shape index (κ2) is 7.59. The minimum Gasteiger partial charge on any atom is -0.484 e. The molecule has 2 heterocycles. The summed E-state index contributed by atoms with van der Waals surface area (Å²) in [5.74, 6) is 0.614. The quantitative estimate of drug-likeness (QED) is 0.719. The van der Waals surface area contributed by atoms with Crippen molar-refractivity contribution in [2.45, 2.75) is 20.4 Å². The van der Waals surface area contributed by atoms with Gasteiger partial charge in [-0.3, -0.25) is 4.79 Å². The van der Waals surface area contributed by atoms with Gasteiger partial charge in [0, 0.05) is 10.3 Å². The van der Waals surface area contributed by atoms with Gasteiger partial charge in [-0.1, -0.05) is 18.2 Å². The Morgan fingerprint density at radius 2 is 2.04 bits per heavy atom. The lowest BCUT2D eigenvalue weighted by Crippen LogP contribution is -2.28. The van der Waals surface area contributed by atoms with E-state index in [1.807, 2.05) is 50.2 Å². The summed E-state index contributed by atoms with van der Waals surface area (Å²) in [5.41, 5.74) is 2.02. The standard InChI is InChI=1S/C18H18N2O2S2/c1-12-5-3-4-6-16(12)22-10-18(21)19-9-14-7-8-17(24-14)15-11-23-13(2)20-15/h3-8,11H,9-10H2,1-2H3,(H,19,21). The van der Waals surface area contributed by atoms with Gasteiger partial charge >= 0.3 is 0 Å². The predicted molar refractivity (Wildman–Crippen MR) is 98.7 cm³/mol. The Labute approximate surface area is 149 Å². The van der Waals surface area contributed by atoms with E-state index >= 15 is 0 Å². The molecule has 0 unspecified atom stereocenters. The SMILES string of the molecule is Cc1nc(-c2ccc(CNC(=O)COc3ccccc3C)s2)cs1. The third-order valence-electron chi connectivity index (χ3n) is 3.45. The second-order valence-corrected chi connectivity index (χ2v) is 7.58. The zero-order valence-electron chi connectivity index (χ0n) is 13.5. The molecule has 24 heavy (non-hydrogen) atoms. The van der Waals surface area contributed by atoms with Gasteiger partial charge in [0.05, 0.1) is 22.1 Å². The lowest BCUT2D eigenvalue weighted by atomic mass is 10.2. The maximum Gasteiger partial charge on any atom is 0.258 e. The topological polar surface area (TPSA) is 51.2 Å². The van der Waals surface area contributed by atoms with Crippen LogP contribution >= 0.6 is 22.7 Å². The number of benzene rings is 1. The molecule has 0 radical (unpaired) electrons. The van der Waals surface area contributed by atoms with E-state index in [1.165, 1.54) is 0 Å². The Morgan fingerprint density at radius 3 is 2.79 bits per heavy atom. The van der Waals surface area contributed by atoms with Crippen LogP contribution in [-0.4, -0.2) is 17.5 Å². The summed E-state index contributed by atoms with van der Waals surface area (Å²) >= 11 is 3.29. The van der Waals surface area contributed by atoms with Crippen molar-refractivity contribution in [1.82, 2.24) is 10.3 Å². The molecule has 0 bridgehead atoms. The van der Waals surface area contributed by atoms with E-state index in [0.29, 0.717) is 6.54 Å². The largest absolute Gasteiger partial charge is 0.484 e. The highest BCUT2D eigenvalue weighted by Crippen LogP contribution is 2.28. The average molecular weight is 358 g/mol. The number of thiophene rings is 1. The van der Waals surface area contributed by atoms with Crippen molar-refractivity contribution in [3.63, 3.8) is 0 Å². The minimum absolute atomic E-state index is 0.0222. The monoisotopic (exact) mass is 358 g/mol. The highest BCUT2D eigenvalue weighted by atomic mass is 32.1. The summed E-state index contributed by atoms with van der Waals surface area (Å²) in [6.07, 6.45) is 0. The van der Waals surface area contributed by atoms with E-state index in [1.54, 1.807) is 22.7 Å². The summed E-state index contributed by atoms with van der Waals surface area (Å²) in [6, 6.07) is 11.7. The third-order valence-corrected chi connectivity index (χ3v) is 5.33. The van der Waals surface area contributed by atoms with E-state index in [0.717, 1.165) is 31.8 Å². The van der Waals surface area contributed by atoms with Crippen LogP contribution in [-0.2, 0) is 11.3 Å². The molecule has 0 saturated heterocycles. The van der Waals surface area contributed by atoms with Crippen molar-refractivity contribution in [1.29, 1.82) is 0 Å². The number of para-hydroxylation sites is 1. The number of aromatic nitrogens is 1. The molecule has 1 amide bonds. The van der Waals surface area contributed by atoms with Gasteiger partial charge in [0.15, 0.2) is 6.61 Å². The fourth-order valence-electron chi connectivity index (χ4n) is 2.19. The Bertz CT molecular complexity index is 839. The van der Waals surface area contributed by atoms with E-state index in [4.69, 9.17) is 4.74 Å². The molecule has 0 aliphatic heterocycles. The lowest BCUT2D eigenvalue weighted by Gasteiger charge is -2.08. The van der Waals surface area contributed by atoms with Crippen LogP contribution in [0.3, 0.4) is 0 Å². The van der Waals surface area contributed by atoms with Crippen LogP contribution in [0.5, 0.6) is 5.75 Å². The van der Waals surface area contributed by atoms with E-state index < -0.39 is 0 Å². The molecule has 1 aromatic carbocycles. The molecule has 3 aromatic rings. The van der Waals surface area contributed by atoms with E-state index in [-0.39, 0.29) is 12.5 Å². The number of nitrogens with one attached hydrogen (secondary N) is 1. The number of thiazole rings is 1. The highest BCUT2D eigenvalue weighted by molar-refractivity contribution is 7.16. The Kier molecular flexibility index (Phi) is 5.27. The summed E-state index contributed by atoms with van der Waals surface area (Å²) in [5, 5.41) is 6.00. The maximum atomic E-state index is 11.9. The molecule has 0 spiro atoms.